The molecule has 0 saturated heterocycles. The number of nitrogens with one attached hydrogen (secondary N) is 1. The third-order valence-corrected chi connectivity index (χ3v) is 6.01. The lowest BCUT2D eigenvalue weighted by Crippen LogP contribution is -2.39. The molecule has 5 nitrogen and oxygen atoms in total. The first-order chi connectivity index (χ1) is 8.27. The molecule has 0 fully saturated rings. The number of carbonyl (C=O) groups is 1. The van der Waals surface area contributed by atoms with Crippen LogP contribution in [0.15, 0.2) is 16.3 Å². The van der Waals surface area contributed by atoms with E-state index < -0.39 is 28.0 Å². The van der Waals surface area contributed by atoms with Crippen LogP contribution < -0.4 is 4.72 Å². The van der Waals surface area contributed by atoms with Crippen molar-refractivity contribution in [2.45, 2.75) is 37.4 Å². The molecule has 0 bridgehead atoms. The van der Waals surface area contributed by atoms with Crippen LogP contribution >= 0.6 is 11.3 Å². The molecule has 0 radical (unpaired) electrons. The van der Waals surface area contributed by atoms with Gasteiger partial charge in [-0.2, -0.15) is 0 Å². The zero-order valence-corrected chi connectivity index (χ0v) is 12.1. The lowest BCUT2D eigenvalue weighted by molar-refractivity contribution is -0.141. The summed E-state index contributed by atoms with van der Waals surface area (Å²) in [6, 6.07) is 2.66. The molecule has 0 amide bonds. The quantitative estimate of drug-likeness (QED) is 0.835. The molecule has 0 aromatic carbocycles. The first-order valence-electron chi connectivity index (χ1n) is 5.61. The van der Waals surface area contributed by atoms with Gasteiger partial charge in [-0.1, -0.05) is 13.8 Å². The predicted octanol–water partition coefficient (Wildman–Crippen LogP) is 1.70. The lowest BCUT2D eigenvalue weighted by atomic mass is 10.1. The van der Waals surface area contributed by atoms with Gasteiger partial charge in [0.2, 0.25) is 10.0 Å². The number of thiophene rings is 1. The third-order valence-electron chi connectivity index (χ3n) is 2.73. The Bertz CT molecular complexity index is 521. The maximum atomic E-state index is 12.0. The molecular formula is C11H17NO4S2. The van der Waals surface area contributed by atoms with Crippen molar-refractivity contribution in [1.29, 1.82) is 0 Å². The van der Waals surface area contributed by atoms with E-state index in [0.29, 0.717) is 0 Å². The van der Waals surface area contributed by atoms with Gasteiger partial charge in [-0.3, -0.25) is 4.79 Å². The van der Waals surface area contributed by atoms with Crippen molar-refractivity contribution in [3.63, 3.8) is 0 Å². The van der Waals surface area contributed by atoms with Gasteiger partial charge in [0.05, 0.1) is 5.92 Å². The van der Waals surface area contributed by atoms with Crippen LogP contribution in [0.3, 0.4) is 0 Å². The highest BCUT2D eigenvalue weighted by Gasteiger charge is 2.26. The summed E-state index contributed by atoms with van der Waals surface area (Å²) in [5.41, 5.74) is 0. The van der Waals surface area contributed by atoms with E-state index in [-0.39, 0.29) is 4.21 Å². The van der Waals surface area contributed by atoms with Crippen molar-refractivity contribution in [3.05, 3.63) is 17.0 Å². The molecule has 7 heteroatoms. The van der Waals surface area contributed by atoms with Crippen molar-refractivity contribution in [2.75, 3.05) is 0 Å². The molecule has 102 valence electrons. The number of carboxylic acid groups (broad SMARTS) is 1. The number of hydrogen-bond donors (Lipinski definition) is 2. The number of rotatable bonds is 6. The van der Waals surface area contributed by atoms with Crippen LogP contribution in [0.2, 0.25) is 0 Å². The molecule has 1 aromatic heterocycles. The fourth-order valence-electron chi connectivity index (χ4n) is 1.31. The Morgan fingerprint density at radius 2 is 2.06 bits per heavy atom. The smallest absolute Gasteiger partial charge is 0.307 e. The van der Waals surface area contributed by atoms with Gasteiger partial charge in [0.25, 0.3) is 0 Å². The van der Waals surface area contributed by atoms with Crippen LogP contribution in [0, 0.1) is 5.92 Å². The molecular weight excluding hydrogens is 274 g/mol. The fourth-order valence-corrected chi connectivity index (χ4v) is 3.95. The van der Waals surface area contributed by atoms with Crippen molar-refractivity contribution < 1.29 is 18.3 Å². The van der Waals surface area contributed by atoms with Gasteiger partial charge >= 0.3 is 5.97 Å². The molecule has 0 aliphatic carbocycles. The van der Waals surface area contributed by atoms with E-state index in [0.717, 1.165) is 11.3 Å². The van der Waals surface area contributed by atoms with Crippen LogP contribution in [-0.4, -0.2) is 25.5 Å². The fraction of sp³-hybridized carbons (Fsp3) is 0.545. The Balaban J connectivity index is 2.85. The second kappa shape index (κ2) is 5.81. The van der Waals surface area contributed by atoms with Crippen LogP contribution in [0.1, 0.15) is 25.6 Å². The SMILES string of the molecule is CCc1ccc(S(=O)(=O)NC(C)C(C)C(=O)O)s1. The molecule has 1 aromatic rings. The average molecular weight is 291 g/mol. The Kier molecular flexibility index (Phi) is 4.89. The van der Waals surface area contributed by atoms with Crippen LogP contribution in [0.4, 0.5) is 0 Å². The van der Waals surface area contributed by atoms with Gasteiger partial charge in [-0.25, -0.2) is 13.1 Å². The van der Waals surface area contributed by atoms with Crippen molar-refractivity contribution in [2.24, 2.45) is 5.92 Å². The topological polar surface area (TPSA) is 83.5 Å². The van der Waals surface area contributed by atoms with Gasteiger partial charge in [0.15, 0.2) is 0 Å². The second-order valence-electron chi connectivity index (χ2n) is 4.11. The molecule has 1 rings (SSSR count). The van der Waals surface area contributed by atoms with E-state index in [2.05, 4.69) is 4.72 Å². The molecule has 0 spiro atoms. The molecule has 2 atom stereocenters. The minimum atomic E-state index is -3.62. The second-order valence-corrected chi connectivity index (χ2v) is 7.22. The van der Waals surface area contributed by atoms with Crippen LogP contribution in [0.25, 0.3) is 0 Å². The summed E-state index contributed by atoms with van der Waals surface area (Å²) in [5, 5.41) is 8.83. The molecule has 1 heterocycles. The molecule has 2 unspecified atom stereocenters. The summed E-state index contributed by atoms with van der Waals surface area (Å²) in [6.45, 7) is 4.97. The monoisotopic (exact) mass is 291 g/mol. The standard InChI is InChI=1S/C11H17NO4S2/c1-4-9-5-6-10(17-9)18(15,16)12-8(3)7(2)11(13)14/h5-8,12H,4H2,1-3H3,(H,13,14). The Morgan fingerprint density at radius 3 is 2.50 bits per heavy atom. The summed E-state index contributed by atoms with van der Waals surface area (Å²) in [4.78, 5) is 11.8. The van der Waals surface area contributed by atoms with Gasteiger partial charge in [-0.05, 0) is 25.5 Å². The van der Waals surface area contributed by atoms with Gasteiger partial charge in [-0.15, -0.1) is 11.3 Å². The largest absolute Gasteiger partial charge is 0.481 e. The van der Waals surface area contributed by atoms with E-state index in [1.807, 2.05) is 6.92 Å². The zero-order valence-electron chi connectivity index (χ0n) is 10.5. The summed E-state index contributed by atoms with van der Waals surface area (Å²) in [6.07, 6.45) is 0.779. The Labute approximate surface area is 111 Å². The Hall–Kier alpha value is -0.920. The van der Waals surface area contributed by atoms with Crippen molar-refractivity contribution >= 4 is 27.3 Å². The van der Waals surface area contributed by atoms with Crippen molar-refractivity contribution in [3.8, 4) is 0 Å². The van der Waals surface area contributed by atoms with E-state index in [4.69, 9.17) is 5.11 Å². The number of aliphatic carboxylic acids is 1. The first kappa shape index (κ1) is 15.1. The van der Waals surface area contributed by atoms with Gasteiger partial charge in [0, 0.05) is 10.9 Å². The average Bonchev–Trinajstić information content (AvgIpc) is 2.76. The van der Waals surface area contributed by atoms with E-state index in [9.17, 15) is 13.2 Å². The zero-order chi connectivity index (χ0) is 13.9. The van der Waals surface area contributed by atoms with Crippen LogP contribution in [0.5, 0.6) is 0 Å². The van der Waals surface area contributed by atoms with Gasteiger partial charge in [0.1, 0.15) is 4.21 Å². The van der Waals surface area contributed by atoms with E-state index in [1.165, 1.54) is 18.3 Å². The van der Waals surface area contributed by atoms with Crippen molar-refractivity contribution in [1.82, 2.24) is 4.72 Å². The number of carboxylic acids is 1. The molecule has 2 N–H and O–H groups in total. The summed E-state index contributed by atoms with van der Waals surface area (Å²) < 4.78 is 26.6. The summed E-state index contributed by atoms with van der Waals surface area (Å²) in [5.74, 6) is -1.80. The van der Waals surface area contributed by atoms with E-state index >= 15 is 0 Å². The number of sulfonamides is 1. The maximum absolute atomic E-state index is 12.0. The highest BCUT2D eigenvalue weighted by Crippen LogP contribution is 2.22. The minimum absolute atomic E-state index is 0.226. The number of aryl methyl sites for hydroxylation is 1. The predicted molar refractivity (Wildman–Crippen MR) is 70.3 cm³/mol. The first-order valence-corrected chi connectivity index (χ1v) is 7.91. The van der Waals surface area contributed by atoms with E-state index in [1.54, 1.807) is 19.1 Å². The highest BCUT2D eigenvalue weighted by molar-refractivity contribution is 7.91. The third kappa shape index (κ3) is 3.54. The minimum Gasteiger partial charge on any atom is -0.481 e. The lowest BCUT2D eigenvalue weighted by Gasteiger charge is -2.16. The molecule has 0 saturated carbocycles. The normalized spacial score (nSPS) is 15.3. The van der Waals surface area contributed by atoms with Crippen LogP contribution in [-0.2, 0) is 21.2 Å². The molecule has 0 aliphatic heterocycles. The van der Waals surface area contributed by atoms with Gasteiger partial charge < -0.3 is 5.11 Å². The maximum Gasteiger partial charge on any atom is 0.307 e. The number of hydrogen-bond acceptors (Lipinski definition) is 4. The summed E-state index contributed by atoms with van der Waals surface area (Å²) in [7, 11) is -3.62. The molecule has 0 aliphatic rings. The molecule has 18 heavy (non-hydrogen) atoms. The summed E-state index contributed by atoms with van der Waals surface area (Å²) >= 11 is 1.20. The Morgan fingerprint density at radius 1 is 1.44 bits per heavy atom. The highest BCUT2D eigenvalue weighted by atomic mass is 32.2.